The summed E-state index contributed by atoms with van der Waals surface area (Å²) in [7, 11) is -1.03. The predicted octanol–water partition coefficient (Wildman–Crippen LogP) is 3.88. The zero-order valence-corrected chi connectivity index (χ0v) is 18.0. The molecule has 0 aliphatic carbocycles. The van der Waals surface area contributed by atoms with Crippen LogP contribution in [0, 0.1) is 0 Å². The summed E-state index contributed by atoms with van der Waals surface area (Å²) in [6, 6.07) is 8.39. The van der Waals surface area contributed by atoms with E-state index in [2.05, 4.69) is 71.0 Å². The second-order valence-electron chi connectivity index (χ2n) is 8.67. The van der Waals surface area contributed by atoms with Crippen LogP contribution in [0.5, 0.6) is 0 Å². The Hall–Kier alpha value is -1.37. The fourth-order valence-electron chi connectivity index (χ4n) is 3.58. The van der Waals surface area contributed by atoms with Crippen molar-refractivity contribution in [2.24, 2.45) is 0 Å². The van der Waals surface area contributed by atoms with Crippen LogP contribution in [0.1, 0.15) is 13.8 Å². The van der Waals surface area contributed by atoms with Crippen LogP contribution in [0.15, 0.2) is 24.5 Å². The maximum Gasteiger partial charge on any atom is 0.124 e. The molecule has 1 unspecified atom stereocenters. The van der Waals surface area contributed by atoms with Gasteiger partial charge in [-0.25, -0.2) is 4.98 Å². The highest BCUT2D eigenvalue weighted by Crippen LogP contribution is 2.25. The molecule has 1 fully saturated rings. The van der Waals surface area contributed by atoms with Gasteiger partial charge in [-0.15, -0.1) is 0 Å². The number of nitrogens with zero attached hydrogens (tertiary/aromatic N) is 4. The first kappa shape index (κ1) is 19.4. The van der Waals surface area contributed by atoms with Gasteiger partial charge < -0.3 is 14.2 Å². The second-order valence-corrected chi connectivity index (χ2v) is 14.3. The molecule has 1 atom stereocenters. The molecule has 0 saturated carbocycles. The number of imidazole rings is 1. The van der Waals surface area contributed by atoms with Crippen LogP contribution in [0.2, 0.25) is 25.7 Å². The van der Waals surface area contributed by atoms with Gasteiger partial charge in [0.15, 0.2) is 0 Å². The molecule has 3 rings (SSSR count). The maximum atomic E-state index is 5.89. The Kier molecular flexibility index (Phi) is 6.05. The lowest BCUT2D eigenvalue weighted by atomic mass is 10.1. The Bertz CT molecular complexity index is 724. The largest absolute Gasteiger partial charge is 0.366 e. The average Bonchev–Trinajstić information content (AvgIpc) is 3.00. The van der Waals surface area contributed by atoms with E-state index in [0.717, 1.165) is 43.8 Å². The van der Waals surface area contributed by atoms with Crippen LogP contribution < -0.4 is 4.90 Å². The van der Waals surface area contributed by atoms with E-state index in [-0.39, 0.29) is 0 Å². The average molecular weight is 375 g/mol. The van der Waals surface area contributed by atoms with Crippen LogP contribution in [-0.2, 0) is 11.5 Å². The molecule has 1 aliphatic rings. The molecule has 6 heteroatoms. The molecule has 0 amide bonds. The number of fused-ring (bicyclic) bond motifs is 1. The minimum absolute atomic E-state index is 0.535. The second kappa shape index (κ2) is 8.11. The van der Waals surface area contributed by atoms with Crippen molar-refractivity contribution in [1.29, 1.82) is 0 Å². The molecule has 1 saturated heterocycles. The SMILES string of the molecule is CCN1CCN(c2ccc3c(c2)ncn3COCC[Si](C)(C)C)C(C)C1. The van der Waals surface area contributed by atoms with Crippen molar-refractivity contribution in [2.75, 3.05) is 37.7 Å². The lowest BCUT2D eigenvalue weighted by molar-refractivity contribution is 0.0898. The first-order valence-electron chi connectivity index (χ1n) is 9.89. The Morgan fingerprint density at radius 3 is 2.73 bits per heavy atom. The standard InChI is InChI=1S/C20H34N4OSi/c1-6-22-9-10-24(17(2)14-22)18-7-8-20-19(13-18)21-15-23(20)16-25-11-12-26(3,4)5/h7-8,13,15,17H,6,9-12,14,16H2,1-5H3. The molecular formula is C20H34N4OSi. The summed E-state index contributed by atoms with van der Waals surface area (Å²) in [6.45, 7) is 17.6. The first-order chi connectivity index (χ1) is 12.4. The number of likely N-dealkylation sites (N-methyl/N-ethyl adjacent to an activating group) is 1. The van der Waals surface area contributed by atoms with E-state index in [9.17, 15) is 0 Å². The molecule has 144 valence electrons. The Labute approximate surface area is 159 Å². The number of rotatable bonds is 7. The van der Waals surface area contributed by atoms with Gasteiger partial charge >= 0.3 is 0 Å². The first-order valence-corrected chi connectivity index (χ1v) is 13.6. The zero-order chi connectivity index (χ0) is 18.7. The van der Waals surface area contributed by atoms with E-state index >= 15 is 0 Å². The number of anilines is 1. The number of piperazine rings is 1. The predicted molar refractivity (Wildman–Crippen MR) is 113 cm³/mol. The van der Waals surface area contributed by atoms with Gasteiger partial charge in [0.05, 0.1) is 17.4 Å². The van der Waals surface area contributed by atoms with Crippen LogP contribution in [0.4, 0.5) is 5.69 Å². The molecule has 0 N–H and O–H groups in total. The summed E-state index contributed by atoms with van der Waals surface area (Å²) in [4.78, 5) is 9.64. The van der Waals surface area contributed by atoms with Gasteiger partial charge in [-0.2, -0.15) is 0 Å². The van der Waals surface area contributed by atoms with E-state index in [1.807, 2.05) is 6.33 Å². The quantitative estimate of drug-likeness (QED) is 0.544. The highest BCUT2D eigenvalue weighted by molar-refractivity contribution is 6.76. The number of ether oxygens (including phenoxy) is 1. The molecule has 0 radical (unpaired) electrons. The Balaban J connectivity index is 1.65. The van der Waals surface area contributed by atoms with E-state index in [0.29, 0.717) is 12.8 Å². The molecule has 5 nitrogen and oxygen atoms in total. The maximum absolute atomic E-state index is 5.89. The van der Waals surface area contributed by atoms with Gasteiger partial charge in [0.25, 0.3) is 0 Å². The van der Waals surface area contributed by atoms with Crippen LogP contribution >= 0.6 is 0 Å². The van der Waals surface area contributed by atoms with E-state index in [1.54, 1.807) is 0 Å². The van der Waals surface area contributed by atoms with E-state index in [4.69, 9.17) is 4.74 Å². The Morgan fingerprint density at radius 1 is 1.23 bits per heavy atom. The van der Waals surface area contributed by atoms with Crippen LogP contribution in [0.3, 0.4) is 0 Å². The summed E-state index contributed by atoms with van der Waals surface area (Å²) in [5.74, 6) is 0. The van der Waals surface area contributed by atoms with Crippen LogP contribution in [-0.4, -0.2) is 61.4 Å². The van der Waals surface area contributed by atoms with Gasteiger partial charge in [0, 0.05) is 46.0 Å². The Morgan fingerprint density at radius 2 is 2.04 bits per heavy atom. The number of benzene rings is 1. The number of hydrogen-bond donors (Lipinski definition) is 0. The molecular weight excluding hydrogens is 340 g/mol. The van der Waals surface area contributed by atoms with E-state index in [1.165, 1.54) is 11.7 Å². The fraction of sp³-hybridized carbons (Fsp3) is 0.650. The summed E-state index contributed by atoms with van der Waals surface area (Å²) < 4.78 is 8.00. The monoisotopic (exact) mass is 374 g/mol. The van der Waals surface area contributed by atoms with Gasteiger partial charge in [0.2, 0.25) is 0 Å². The lowest BCUT2D eigenvalue weighted by Crippen LogP contribution is -2.51. The highest BCUT2D eigenvalue weighted by Gasteiger charge is 2.23. The lowest BCUT2D eigenvalue weighted by Gasteiger charge is -2.41. The van der Waals surface area contributed by atoms with Crippen molar-refractivity contribution in [3.05, 3.63) is 24.5 Å². The summed E-state index contributed by atoms with van der Waals surface area (Å²) in [5, 5.41) is 0. The third-order valence-corrected chi connectivity index (χ3v) is 7.03. The van der Waals surface area contributed by atoms with Crippen molar-refractivity contribution in [3.8, 4) is 0 Å². The van der Waals surface area contributed by atoms with Gasteiger partial charge in [0.1, 0.15) is 6.73 Å². The fourth-order valence-corrected chi connectivity index (χ4v) is 4.34. The van der Waals surface area contributed by atoms with E-state index < -0.39 is 8.07 Å². The van der Waals surface area contributed by atoms with Gasteiger partial charge in [-0.3, -0.25) is 4.90 Å². The molecule has 1 aromatic carbocycles. The summed E-state index contributed by atoms with van der Waals surface area (Å²) in [6.07, 6.45) is 1.90. The summed E-state index contributed by atoms with van der Waals surface area (Å²) >= 11 is 0. The summed E-state index contributed by atoms with van der Waals surface area (Å²) in [5.41, 5.74) is 3.49. The third-order valence-electron chi connectivity index (χ3n) is 5.32. The van der Waals surface area contributed by atoms with Crippen LogP contribution in [0.25, 0.3) is 11.0 Å². The minimum atomic E-state index is -1.03. The number of aromatic nitrogens is 2. The normalized spacial score (nSPS) is 19.4. The van der Waals surface area contributed by atoms with Gasteiger partial charge in [-0.1, -0.05) is 26.6 Å². The zero-order valence-electron chi connectivity index (χ0n) is 17.0. The van der Waals surface area contributed by atoms with Crippen molar-refractivity contribution in [3.63, 3.8) is 0 Å². The molecule has 26 heavy (non-hydrogen) atoms. The molecule has 1 aliphatic heterocycles. The molecule has 0 spiro atoms. The van der Waals surface area contributed by atoms with Gasteiger partial charge in [-0.05, 0) is 37.7 Å². The molecule has 1 aromatic heterocycles. The molecule has 2 aromatic rings. The van der Waals surface area contributed by atoms with Crippen molar-refractivity contribution >= 4 is 24.8 Å². The third kappa shape index (κ3) is 4.67. The van der Waals surface area contributed by atoms with Crippen molar-refractivity contribution in [2.45, 2.75) is 52.3 Å². The topological polar surface area (TPSA) is 33.5 Å². The smallest absolute Gasteiger partial charge is 0.124 e. The molecule has 0 bridgehead atoms. The van der Waals surface area contributed by atoms with Crippen molar-refractivity contribution < 1.29 is 4.74 Å². The minimum Gasteiger partial charge on any atom is -0.366 e. The number of hydrogen-bond acceptors (Lipinski definition) is 4. The molecule has 2 heterocycles. The van der Waals surface area contributed by atoms with Crippen molar-refractivity contribution in [1.82, 2.24) is 14.5 Å². The highest BCUT2D eigenvalue weighted by atomic mass is 28.3.